The van der Waals surface area contributed by atoms with Gasteiger partial charge in [0.05, 0.1) is 6.10 Å². The second kappa shape index (κ2) is 10.6. The van der Waals surface area contributed by atoms with Gasteiger partial charge in [-0.05, 0) is 39.7 Å². The van der Waals surface area contributed by atoms with Crippen LogP contribution in [0.1, 0.15) is 46.0 Å². The van der Waals surface area contributed by atoms with Crippen LogP contribution in [0.5, 0.6) is 0 Å². The highest BCUT2D eigenvalue weighted by Crippen LogP contribution is 2.15. The van der Waals surface area contributed by atoms with E-state index < -0.39 is 0 Å². The van der Waals surface area contributed by atoms with Gasteiger partial charge in [-0.2, -0.15) is 0 Å². The number of hydrogen-bond acceptors (Lipinski definition) is 4. The van der Waals surface area contributed by atoms with Gasteiger partial charge in [-0.15, -0.1) is 0 Å². The number of nitrogens with two attached hydrogens (primary N) is 1. The van der Waals surface area contributed by atoms with Gasteiger partial charge in [-0.1, -0.05) is 0 Å². The summed E-state index contributed by atoms with van der Waals surface area (Å²) in [5.41, 5.74) is 5.44. The molecule has 6 nitrogen and oxygen atoms in total. The fourth-order valence-electron chi connectivity index (χ4n) is 2.71. The van der Waals surface area contributed by atoms with Crippen LogP contribution >= 0.6 is 0 Å². The topological polar surface area (TPSA) is 75.9 Å². The second-order valence-electron chi connectivity index (χ2n) is 5.66. The van der Waals surface area contributed by atoms with Crippen LogP contribution in [0.25, 0.3) is 0 Å². The Morgan fingerprint density at radius 2 is 1.82 bits per heavy atom. The molecule has 0 atom stereocenters. The van der Waals surface area contributed by atoms with Gasteiger partial charge >= 0.3 is 0 Å². The lowest BCUT2D eigenvalue weighted by Crippen LogP contribution is -2.41. The Morgan fingerprint density at radius 3 is 2.36 bits per heavy atom. The van der Waals surface area contributed by atoms with E-state index in [1.165, 1.54) is 0 Å². The Kier molecular flexibility index (Phi) is 9.08. The van der Waals surface area contributed by atoms with Crippen LogP contribution in [-0.2, 0) is 14.3 Å². The van der Waals surface area contributed by atoms with E-state index in [2.05, 4.69) is 0 Å². The van der Waals surface area contributed by atoms with E-state index >= 15 is 0 Å². The van der Waals surface area contributed by atoms with Crippen molar-refractivity contribution in [2.24, 2.45) is 5.73 Å². The average molecular weight is 313 g/mol. The van der Waals surface area contributed by atoms with E-state index in [1.807, 2.05) is 18.7 Å². The van der Waals surface area contributed by atoms with Crippen LogP contribution in [0, 0.1) is 0 Å². The van der Waals surface area contributed by atoms with Crippen LogP contribution in [0.15, 0.2) is 0 Å². The molecule has 2 N–H and O–H groups in total. The van der Waals surface area contributed by atoms with E-state index in [1.54, 1.807) is 4.90 Å². The summed E-state index contributed by atoms with van der Waals surface area (Å²) in [6.45, 7) is 8.13. The van der Waals surface area contributed by atoms with Crippen molar-refractivity contribution >= 4 is 11.8 Å². The largest absolute Gasteiger partial charge is 0.378 e. The molecule has 6 heteroatoms. The summed E-state index contributed by atoms with van der Waals surface area (Å²) in [7, 11) is 0. The molecule has 0 saturated carbocycles. The summed E-state index contributed by atoms with van der Waals surface area (Å²) in [4.78, 5) is 27.7. The highest BCUT2D eigenvalue weighted by Gasteiger charge is 2.23. The molecule has 22 heavy (non-hydrogen) atoms. The molecular weight excluding hydrogens is 282 g/mol. The second-order valence-corrected chi connectivity index (χ2v) is 5.66. The summed E-state index contributed by atoms with van der Waals surface area (Å²) in [5, 5.41) is 0. The molecule has 2 amide bonds. The summed E-state index contributed by atoms with van der Waals surface area (Å²) >= 11 is 0. The molecule has 1 heterocycles. The molecule has 1 fully saturated rings. The molecule has 0 aliphatic carbocycles. The first-order valence-electron chi connectivity index (χ1n) is 8.49. The molecule has 0 spiro atoms. The molecule has 1 aliphatic heterocycles. The van der Waals surface area contributed by atoms with Crippen molar-refractivity contribution in [3.8, 4) is 0 Å². The van der Waals surface area contributed by atoms with Gasteiger partial charge in [-0.25, -0.2) is 0 Å². The van der Waals surface area contributed by atoms with Gasteiger partial charge in [0.15, 0.2) is 0 Å². The number of piperidine rings is 1. The van der Waals surface area contributed by atoms with E-state index in [9.17, 15) is 9.59 Å². The zero-order valence-electron chi connectivity index (χ0n) is 14.1. The predicted octanol–water partition coefficient (Wildman–Crippen LogP) is 0.991. The van der Waals surface area contributed by atoms with E-state index in [-0.39, 0.29) is 17.9 Å². The Morgan fingerprint density at radius 1 is 1.18 bits per heavy atom. The minimum absolute atomic E-state index is 0.0679. The summed E-state index contributed by atoms with van der Waals surface area (Å²) in [6.07, 6.45) is 3.50. The number of carbonyl (C=O) groups is 2. The van der Waals surface area contributed by atoms with Crippen LogP contribution < -0.4 is 5.73 Å². The number of carbonyl (C=O) groups excluding carboxylic acids is 2. The lowest BCUT2D eigenvalue weighted by atomic mass is 10.1. The van der Waals surface area contributed by atoms with Crippen molar-refractivity contribution in [1.82, 2.24) is 9.80 Å². The highest BCUT2D eigenvalue weighted by molar-refractivity contribution is 5.83. The maximum Gasteiger partial charge on any atom is 0.223 e. The molecule has 0 unspecified atom stereocenters. The summed E-state index contributed by atoms with van der Waals surface area (Å²) < 4.78 is 5.73. The van der Waals surface area contributed by atoms with Gasteiger partial charge < -0.3 is 20.3 Å². The molecule has 0 radical (unpaired) electrons. The maximum absolute atomic E-state index is 12.2. The number of ether oxygens (including phenoxy) is 1. The van der Waals surface area contributed by atoms with Crippen LogP contribution in [-0.4, -0.2) is 67.0 Å². The molecule has 128 valence electrons. The standard InChI is InChI=1S/C16H31N3O3/c1-3-18(4-2)15(20)6-7-16(21)19-11-8-14(9-12-19)22-13-5-10-17/h14H,3-13,17H2,1-2H3. The average Bonchev–Trinajstić information content (AvgIpc) is 2.54. The lowest BCUT2D eigenvalue weighted by molar-refractivity contribution is -0.138. The number of rotatable bonds is 9. The lowest BCUT2D eigenvalue weighted by Gasteiger charge is -2.32. The van der Waals surface area contributed by atoms with Gasteiger partial charge in [0.1, 0.15) is 0 Å². The van der Waals surface area contributed by atoms with Crippen LogP contribution in [0.4, 0.5) is 0 Å². The van der Waals surface area contributed by atoms with Gasteiger partial charge in [0.2, 0.25) is 11.8 Å². The van der Waals surface area contributed by atoms with E-state index in [0.717, 1.165) is 32.4 Å². The first-order valence-corrected chi connectivity index (χ1v) is 8.49. The predicted molar refractivity (Wildman–Crippen MR) is 86.4 cm³/mol. The van der Waals surface area contributed by atoms with Gasteiger partial charge in [0, 0.05) is 45.6 Å². The number of nitrogens with zero attached hydrogens (tertiary/aromatic N) is 2. The zero-order valence-corrected chi connectivity index (χ0v) is 14.1. The maximum atomic E-state index is 12.2. The fourth-order valence-corrected chi connectivity index (χ4v) is 2.71. The Balaban J connectivity index is 2.23. The van der Waals surface area contributed by atoms with Crippen LogP contribution in [0.3, 0.4) is 0 Å². The van der Waals surface area contributed by atoms with Crippen molar-refractivity contribution in [1.29, 1.82) is 0 Å². The van der Waals surface area contributed by atoms with Gasteiger partial charge in [0.25, 0.3) is 0 Å². The number of hydrogen-bond donors (Lipinski definition) is 1. The number of amides is 2. The minimum Gasteiger partial charge on any atom is -0.378 e. The highest BCUT2D eigenvalue weighted by atomic mass is 16.5. The first-order chi connectivity index (χ1) is 10.6. The van der Waals surface area contributed by atoms with Crippen LogP contribution in [0.2, 0.25) is 0 Å². The fraction of sp³-hybridized carbons (Fsp3) is 0.875. The normalized spacial score (nSPS) is 15.9. The van der Waals surface area contributed by atoms with Crippen molar-refractivity contribution in [2.45, 2.75) is 52.1 Å². The molecule has 1 saturated heterocycles. The third-order valence-electron chi connectivity index (χ3n) is 4.17. The zero-order chi connectivity index (χ0) is 16.4. The monoisotopic (exact) mass is 313 g/mol. The molecule has 0 bridgehead atoms. The molecule has 0 aromatic rings. The Labute approximate surface area is 134 Å². The SMILES string of the molecule is CCN(CC)C(=O)CCC(=O)N1CCC(OCCCN)CC1. The minimum atomic E-state index is 0.0679. The smallest absolute Gasteiger partial charge is 0.223 e. The van der Waals surface area contributed by atoms with Crippen molar-refractivity contribution < 1.29 is 14.3 Å². The van der Waals surface area contributed by atoms with Crippen molar-refractivity contribution in [3.63, 3.8) is 0 Å². The Hall–Kier alpha value is -1.14. The molecule has 0 aromatic carbocycles. The molecular formula is C16H31N3O3. The van der Waals surface area contributed by atoms with Crippen molar-refractivity contribution in [3.05, 3.63) is 0 Å². The van der Waals surface area contributed by atoms with Gasteiger partial charge in [-0.3, -0.25) is 9.59 Å². The Bertz CT molecular complexity index is 338. The quantitative estimate of drug-likeness (QED) is 0.644. The molecule has 0 aromatic heterocycles. The summed E-state index contributed by atoms with van der Waals surface area (Å²) in [5.74, 6) is 0.152. The van der Waals surface area contributed by atoms with E-state index in [4.69, 9.17) is 10.5 Å². The molecule has 1 aliphatic rings. The third kappa shape index (κ3) is 6.32. The van der Waals surface area contributed by atoms with Crippen molar-refractivity contribution in [2.75, 3.05) is 39.3 Å². The third-order valence-corrected chi connectivity index (χ3v) is 4.17. The summed E-state index contributed by atoms with van der Waals surface area (Å²) in [6, 6.07) is 0. The number of likely N-dealkylation sites (tertiary alicyclic amines) is 1. The van der Waals surface area contributed by atoms with E-state index in [0.29, 0.717) is 39.1 Å². The molecule has 1 rings (SSSR count). The first kappa shape index (κ1) is 18.9.